The number of anilines is 1. The SMILES string of the molecule is Cc1ccc(C(=O)Nc2ccc(CN3CCN(C)CC3)c(C(F)(F)F)c2)cc1C#Cc1ccc(C(N)=NO)nc1. The molecule has 1 fully saturated rings. The highest BCUT2D eigenvalue weighted by molar-refractivity contribution is 6.04. The summed E-state index contributed by atoms with van der Waals surface area (Å²) in [5.74, 6) is 5.27. The number of aryl methyl sites for hydroxylation is 1. The van der Waals surface area contributed by atoms with Crippen LogP contribution < -0.4 is 11.1 Å². The fourth-order valence-corrected chi connectivity index (χ4v) is 4.21. The maximum Gasteiger partial charge on any atom is 0.416 e. The van der Waals surface area contributed by atoms with Gasteiger partial charge in [0.1, 0.15) is 5.69 Å². The lowest BCUT2D eigenvalue weighted by atomic mass is 10.0. The van der Waals surface area contributed by atoms with Crippen molar-refractivity contribution in [3.05, 3.63) is 93.8 Å². The number of likely N-dealkylation sites (N-methyl/N-ethyl adjacent to an activating group) is 1. The number of hydrogen-bond acceptors (Lipinski definition) is 6. The lowest BCUT2D eigenvalue weighted by Crippen LogP contribution is -2.44. The molecule has 0 radical (unpaired) electrons. The van der Waals surface area contributed by atoms with Crippen molar-refractivity contribution in [1.29, 1.82) is 0 Å². The van der Waals surface area contributed by atoms with E-state index >= 15 is 0 Å². The standard InChI is InChI=1S/C29H29F3N6O2/c1-19-3-6-22(15-21(19)7-4-20-5-10-26(34-17-20)27(33)36-40)28(39)35-24-9-8-23(25(16-24)29(30,31)32)18-38-13-11-37(2)12-14-38/h3,5-6,8-10,15-17,40H,11-14,18H2,1-2H3,(H2,33,36)(H,35,39). The van der Waals surface area contributed by atoms with Crippen LogP contribution in [0, 0.1) is 18.8 Å². The van der Waals surface area contributed by atoms with Crippen molar-refractivity contribution in [2.45, 2.75) is 19.6 Å². The average molecular weight is 551 g/mol. The van der Waals surface area contributed by atoms with Gasteiger partial charge in [-0.25, -0.2) is 0 Å². The zero-order chi connectivity index (χ0) is 28.9. The van der Waals surface area contributed by atoms with Gasteiger partial charge in [0.05, 0.1) is 5.56 Å². The van der Waals surface area contributed by atoms with E-state index in [1.807, 2.05) is 18.9 Å². The molecule has 2 aromatic carbocycles. The number of halogens is 3. The number of carbonyl (C=O) groups excluding carboxylic acids is 1. The minimum absolute atomic E-state index is 0.0597. The van der Waals surface area contributed by atoms with Gasteiger partial charge < -0.3 is 21.2 Å². The van der Waals surface area contributed by atoms with Crippen molar-refractivity contribution in [2.75, 3.05) is 38.5 Å². The van der Waals surface area contributed by atoms with E-state index in [1.165, 1.54) is 18.3 Å². The van der Waals surface area contributed by atoms with E-state index in [0.29, 0.717) is 29.9 Å². The minimum atomic E-state index is -4.56. The smallest absolute Gasteiger partial charge is 0.409 e. The topological polar surface area (TPSA) is 107 Å². The van der Waals surface area contributed by atoms with Crippen LogP contribution in [-0.4, -0.2) is 65.0 Å². The van der Waals surface area contributed by atoms with Crippen LogP contribution in [0.2, 0.25) is 0 Å². The zero-order valence-electron chi connectivity index (χ0n) is 22.1. The van der Waals surface area contributed by atoms with Crippen molar-refractivity contribution in [3.8, 4) is 11.8 Å². The van der Waals surface area contributed by atoms with E-state index in [-0.39, 0.29) is 29.2 Å². The number of amides is 1. The Kier molecular flexibility index (Phi) is 8.72. The molecule has 11 heteroatoms. The largest absolute Gasteiger partial charge is 0.416 e. The lowest BCUT2D eigenvalue weighted by molar-refractivity contribution is -0.138. The van der Waals surface area contributed by atoms with E-state index in [9.17, 15) is 18.0 Å². The first kappa shape index (κ1) is 28.6. The maximum absolute atomic E-state index is 13.9. The Morgan fingerprint density at radius 1 is 1.10 bits per heavy atom. The van der Waals surface area contributed by atoms with Crippen LogP contribution >= 0.6 is 0 Å². The summed E-state index contributed by atoms with van der Waals surface area (Å²) < 4.78 is 41.8. The molecule has 4 N–H and O–H groups in total. The molecule has 0 atom stereocenters. The van der Waals surface area contributed by atoms with Gasteiger partial charge in [0, 0.05) is 61.3 Å². The van der Waals surface area contributed by atoms with Gasteiger partial charge in [0.2, 0.25) is 0 Å². The molecule has 8 nitrogen and oxygen atoms in total. The Labute approximate surface area is 230 Å². The number of hydrogen-bond donors (Lipinski definition) is 3. The summed E-state index contributed by atoms with van der Waals surface area (Å²) in [6.07, 6.45) is -3.09. The number of nitrogens with two attached hydrogens (primary N) is 1. The van der Waals surface area contributed by atoms with Gasteiger partial charge in [0.25, 0.3) is 5.91 Å². The third-order valence-electron chi connectivity index (χ3n) is 6.64. The van der Waals surface area contributed by atoms with Gasteiger partial charge in [-0.15, -0.1) is 0 Å². The molecule has 208 valence electrons. The second-order valence-electron chi connectivity index (χ2n) is 9.60. The number of carbonyl (C=O) groups is 1. The summed E-state index contributed by atoms with van der Waals surface area (Å²) in [5, 5.41) is 14.2. The van der Waals surface area contributed by atoms with E-state index in [1.54, 1.807) is 30.3 Å². The molecule has 1 saturated heterocycles. The Morgan fingerprint density at radius 2 is 1.85 bits per heavy atom. The summed E-state index contributed by atoms with van der Waals surface area (Å²) in [6, 6.07) is 12.0. The van der Waals surface area contributed by atoms with Crippen molar-refractivity contribution in [2.24, 2.45) is 10.9 Å². The zero-order valence-corrected chi connectivity index (χ0v) is 22.1. The fourth-order valence-electron chi connectivity index (χ4n) is 4.21. The monoisotopic (exact) mass is 550 g/mol. The number of benzene rings is 2. The van der Waals surface area contributed by atoms with Crippen LogP contribution in [0.3, 0.4) is 0 Å². The molecule has 2 heterocycles. The number of nitrogens with one attached hydrogen (secondary N) is 1. The van der Waals surface area contributed by atoms with Crippen LogP contribution in [0.5, 0.6) is 0 Å². The summed E-state index contributed by atoms with van der Waals surface area (Å²) in [6.45, 7) is 5.02. The first-order valence-corrected chi connectivity index (χ1v) is 12.5. The van der Waals surface area contributed by atoms with E-state index < -0.39 is 17.6 Å². The molecule has 1 aromatic heterocycles. The molecule has 4 rings (SSSR count). The molecule has 3 aromatic rings. The van der Waals surface area contributed by atoms with Crippen LogP contribution in [0.25, 0.3) is 0 Å². The second-order valence-corrected chi connectivity index (χ2v) is 9.60. The van der Waals surface area contributed by atoms with E-state index in [4.69, 9.17) is 10.9 Å². The highest BCUT2D eigenvalue weighted by atomic mass is 19.4. The number of alkyl halides is 3. The van der Waals surface area contributed by atoms with Crippen molar-refractivity contribution in [3.63, 3.8) is 0 Å². The summed E-state index contributed by atoms with van der Waals surface area (Å²) in [5.41, 5.74) is 7.51. The van der Waals surface area contributed by atoms with Crippen LogP contribution in [0.15, 0.2) is 59.9 Å². The van der Waals surface area contributed by atoms with Gasteiger partial charge in [-0.3, -0.25) is 14.7 Å². The number of nitrogens with zero attached hydrogens (tertiary/aromatic N) is 4. The quantitative estimate of drug-likeness (QED) is 0.146. The third-order valence-corrected chi connectivity index (χ3v) is 6.64. The number of oxime groups is 1. The Morgan fingerprint density at radius 3 is 2.50 bits per heavy atom. The first-order chi connectivity index (χ1) is 19.0. The Balaban J connectivity index is 1.51. The van der Waals surface area contributed by atoms with Crippen LogP contribution in [0.1, 0.15) is 43.9 Å². The fraction of sp³-hybridized carbons (Fsp3) is 0.276. The number of rotatable bonds is 5. The van der Waals surface area contributed by atoms with E-state index in [0.717, 1.165) is 24.7 Å². The van der Waals surface area contributed by atoms with Gasteiger partial charge in [0.15, 0.2) is 5.84 Å². The normalized spacial score (nSPS) is 14.9. The van der Waals surface area contributed by atoms with E-state index in [2.05, 4.69) is 32.2 Å². The first-order valence-electron chi connectivity index (χ1n) is 12.5. The highest BCUT2D eigenvalue weighted by Gasteiger charge is 2.34. The van der Waals surface area contributed by atoms with Crippen molar-refractivity contribution < 1.29 is 23.2 Å². The molecule has 0 aliphatic carbocycles. The minimum Gasteiger partial charge on any atom is -0.409 e. The average Bonchev–Trinajstić information content (AvgIpc) is 2.94. The summed E-state index contributed by atoms with van der Waals surface area (Å²) in [7, 11) is 1.99. The molecular formula is C29H29F3N6O2. The van der Waals surface area contributed by atoms with Crippen LogP contribution in [0.4, 0.5) is 18.9 Å². The molecule has 1 aliphatic rings. The maximum atomic E-state index is 13.9. The molecule has 40 heavy (non-hydrogen) atoms. The molecular weight excluding hydrogens is 521 g/mol. The molecule has 0 unspecified atom stereocenters. The lowest BCUT2D eigenvalue weighted by Gasteiger charge is -2.33. The predicted molar refractivity (Wildman–Crippen MR) is 146 cm³/mol. The molecule has 0 bridgehead atoms. The number of pyridine rings is 1. The Hall–Kier alpha value is -4.40. The highest BCUT2D eigenvalue weighted by Crippen LogP contribution is 2.34. The van der Waals surface area contributed by atoms with Gasteiger partial charge in [-0.2, -0.15) is 13.2 Å². The number of amidine groups is 1. The molecule has 1 aliphatic heterocycles. The third kappa shape index (κ3) is 7.16. The molecule has 0 saturated carbocycles. The van der Waals surface area contributed by atoms with Crippen molar-refractivity contribution in [1.82, 2.24) is 14.8 Å². The molecule has 1 amide bonds. The summed E-state index contributed by atoms with van der Waals surface area (Å²) in [4.78, 5) is 21.2. The van der Waals surface area contributed by atoms with Crippen molar-refractivity contribution >= 4 is 17.4 Å². The predicted octanol–water partition coefficient (Wildman–Crippen LogP) is 3.90. The number of piperazine rings is 1. The second kappa shape index (κ2) is 12.2. The van der Waals surface area contributed by atoms with Gasteiger partial charge in [-0.1, -0.05) is 29.1 Å². The molecule has 0 spiro atoms. The van der Waals surface area contributed by atoms with Gasteiger partial charge >= 0.3 is 6.18 Å². The van der Waals surface area contributed by atoms with Gasteiger partial charge in [-0.05, 0) is 61.5 Å². The summed E-state index contributed by atoms with van der Waals surface area (Å²) >= 11 is 0. The Bertz CT molecular complexity index is 1470. The number of aromatic nitrogens is 1. The van der Waals surface area contributed by atoms with Crippen LogP contribution in [-0.2, 0) is 12.7 Å².